The van der Waals surface area contributed by atoms with Crippen LogP contribution < -0.4 is 10.6 Å². The fourth-order valence-electron chi connectivity index (χ4n) is 1.92. The van der Waals surface area contributed by atoms with E-state index in [1.807, 2.05) is 0 Å². The Labute approximate surface area is 89.9 Å². The summed E-state index contributed by atoms with van der Waals surface area (Å²) in [5, 5.41) is 5.97. The van der Waals surface area contributed by atoms with Gasteiger partial charge in [-0.3, -0.25) is 4.79 Å². The molecule has 3 nitrogen and oxygen atoms in total. The van der Waals surface area contributed by atoms with E-state index in [-0.39, 0.29) is 5.91 Å². The van der Waals surface area contributed by atoms with Gasteiger partial charge in [0.15, 0.2) is 0 Å². The van der Waals surface area contributed by atoms with Crippen LogP contribution in [0.25, 0.3) is 0 Å². The van der Waals surface area contributed by atoms with E-state index in [0.717, 1.165) is 25.1 Å². The Kier molecular flexibility index (Phi) is 3.02. The van der Waals surface area contributed by atoms with Gasteiger partial charge in [0.25, 0.3) is 0 Å². The van der Waals surface area contributed by atoms with Crippen LogP contribution in [0, 0.1) is 0 Å². The standard InChI is InChI=1S/C12H16N2O/c1-13-12(15)7-9-2-3-10-4-5-14-8-11(10)6-9/h2-3,6,14H,4-5,7-8H2,1H3,(H,13,15). The van der Waals surface area contributed by atoms with Gasteiger partial charge >= 0.3 is 0 Å². The van der Waals surface area contributed by atoms with E-state index in [2.05, 4.69) is 28.8 Å². The molecule has 0 unspecified atom stereocenters. The maximum absolute atomic E-state index is 11.2. The number of hydrogen-bond donors (Lipinski definition) is 2. The molecule has 0 fully saturated rings. The van der Waals surface area contributed by atoms with Crippen LogP contribution in [0.5, 0.6) is 0 Å². The molecule has 2 N–H and O–H groups in total. The van der Waals surface area contributed by atoms with Crippen molar-refractivity contribution >= 4 is 5.91 Å². The third-order valence-electron chi connectivity index (χ3n) is 2.80. The number of likely N-dealkylation sites (N-methyl/N-ethyl adjacent to an activating group) is 1. The number of fused-ring (bicyclic) bond motifs is 1. The monoisotopic (exact) mass is 204 g/mol. The van der Waals surface area contributed by atoms with Crippen molar-refractivity contribution in [1.29, 1.82) is 0 Å². The van der Waals surface area contributed by atoms with Gasteiger partial charge in [0.2, 0.25) is 5.91 Å². The Morgan fingerprint density at radius 3 is 3.13 bits per heavy atom. The molecule has 80 valence electrons. The molecule has 2 rings (SSSR count). The quantitative estimate of drug-likeness (QED) is 0.741. The number of carbonyl (C=O) groups is 1. The summed E-state index contributed by atoms with van der Waals surface area (Å²) < 4.78 is 0. The average molecular weight is 204 g/mol. The minimum absolute atomic E-state index is 0.0683. The van der Waals surface area contributed by atoms with Crippen LogP contribution in [0.3, 0.4) is 0 Å². The SMILES string of the molecule is CNC(=O)Cc1ccc2c(c1)CNCC2. The Hall–Kier alpha value is -1.35. The summed E-state index contributed by atoms with van der Waals surface area (Å²) in [6.45, 7) is 1.98. The lowest BCUT2D eigenvalue weighted by atomic mass is 9.97. The zero-order valence-electron chi connectivity index (χ0n) is 8.97. The number of amides is 1. The molecule has 0 radical (unpaired) electrons. The first-order chi connectivity index (χ1) is 7.29. The number of hydrogen-bond acceptors (Lipinski definition) is 2. The fraction of sp³-hybridized carbons (Fsp3) is 0.417. The molecular weight excluding hydrogens is 188 g/mol. The zero-order valence-corrected chi connectivity index (χ0v) is 8.97. The molecular formula is C12H16N2O. The van der Waals surface area contributed by atoms with Crippen LogP contribution in [0.2, 0.25) is 0 Å². The summed E-state index contributed by atoms with van der Waals surface area (Å²) in [6, 6.07) is 6.34. The zero-order chi connectivity index (χ0) is 10.7. The van der Waals surface area contributed by atoms with Crippen molar-refractivity contribution < 1.29 is 4.79 Å². The van der Waals surface area contributed by atoms with Gasteiger partial charge in [0.1, 0.15) is 0 Å². The van der Waals surface area contributed by atoms with Crippen molar-refractivity contribution in [2.45, 2.75) is 19.4 Å². The van der Waals surface area contributed by atoms with E-state index in [1.165, 1.54) is 11.1 Å². The molecule has 0 spiro atoms. The number of rotatable bonds is 2. The van der Waals surface area contributed by atoms with Gasteiger partial charge < -0.3 is 10.6 Å². The molecule has 0 atom stereocenters. The first-order valence-corrected chi connectivity index (χ1v) is 5.31. The molecule has 0 bridgehead atoms. The summed E-state index contributed by atoms with van der Waals surface area (Å²) in [5.41, 5.74) is 3.84. The minimum atomic E-state index is 0.0683. The van der Waals surface area contributed by atoms with Crippen molar-refractivity contribution in [3.8, 4) is 0 Å². The van der Waals surface area contributed by atoms with Gasteiger partial charge in [-0.25, -0.2) is 0 Å². The van der Waals surface area contributed by atoms with Crippen LogP contribution in [-0.4, -0.2) is 19.5 Å². The van der Waals surface area contributed by atoms with Gasteiger partial charge in [-0.15, -0.1) is 0 Å². The third kappa shape index (κ3) is 2.36. The highest BCUT2D eigenvalue weighted by Gasteiger charge is 2.09. The minimum Gasteiger partial charge on any atom is -0.359 e. The first-order valence-electron chi connectivity index (χ1n) is 5.31. The number of benzene rings is 1. The molecule has 3 heteroatoms. The van der Waals surface area contributed by atoms with Gasteiger partial charge in [0.05, 0.1) is 6.42 Å². The molecule has 1 aromatic rings. The Bertz CT molecular complexity index is 374. The highest BCUT2D eigenvalue weighted by atomic mass is 16.1. The van der Waals surface area contributed by atoms with Crippen LogP contribution in [-0.2, 0) is 24.2 Å². The Balaban J connectivity index is 2.17. The second kappa shape index (κ2) is 4.45. The average Bonchev–Trinajstić information content (AvgIpc) is 2.29. The normalized spacial score (nSPS) is 14.5. The van der Waals surface area contributed by atoms with Crippen molar-refractivity contribution in [1.82, 2.24) is 10.6 Å². The highest BCUT2D eigenvalue weighted by molar-refractivity contribution is 5.78. The molecule has 0 aromatic heterocycles. The van der Waals surface area contributed by atoms with Gasteiger partial charge in [-0.1, -0.05) is 18.2 Å². The topological polar surface area (TPSA) is 41.1 Å². The summed E-state index contributed by atoms with van der Waals surface area (Å²) >= 11 is 0. The molecule has 1 aliphatic rings. The molecule has 0 aliphatic carbocycles. The molecule has 1 aromatic carbocycles. The Morgan fingerprint density at radius 1 is 1.47 bits per heavy atom. The van der Waals surface area contributed by atoms with Crippen LogP contribution in [0.1, 0.15) is 16.7 Å². The van der Waals surface area contributed by atoms with Gasteiger partial charge in [-0.2, -0.15) is 0 Å². The molecule has 0 saturated carbocycles. The summed E-state index contributed by atoms with van der Waals surface area (Å²) in [4.78, 5) is 11.2. The summed E-state index contributed by atoms with van der Waals surface area (Å²) in [5.74, 6) is 0.0683. The predicted octanol–water partition coefficient (Wildman–Crippen LogP) is 0.621. The lowest BCUT2D eigenvalue weighted by molar-refractivity contribution is -0.119. The fourth-order valence-corrected chi connectivity index (χ4v) is 1.92. The van der Waals surface area contributed by atoms with Crippen molar-refractivity contribution in [2.24, 2.45) is 0 Å². The van der Waals surface area contributed by atoms with Crippen molar-refractivity contribution in [3.05, 3.63) is 34.9 Å². The third-order valence-corrected chi connectivity index (χ3v) is 2.80. The first kappa shape index (κ1) is 10.2. The predicted molar refractivity (Wildman–Crippen MR) is 59.6 cm³/mol. The van der Waals surface area contributed by atoms with Gasteiger partial charge in [0, 0.05) is 13.6 Å². The van der Waals surface area contributed by atoms with Crippen LogP contribution in [0.4, 0.5) is 0 Å². The number of carbonyl (C=O) groups excluding carboxylic acids is 1. The van der Waals surface area contributed by atoms with Crippen LogP contribution >= 0.6 is 0 Å². The lowest BCUT2D eigenvalue weighted by Crippen LogP contribution is -2.24. The molecule has 1 amide bonds. The molecule has 15 heavy (non-hydrogen) atoms. The van der Waals surface area contributed by atoms with E-state index in [4.69, 9.17) is 0 Å². The second-order valence-electron chi connectivity index (χ2n) is 3.88. The smallest absolute Gasteiger partial charge is 0.224 e. The van der Waals surface area contributed by atoms with E-state index in [0.29, 0.717) is 6.42 Å². The maximum atomic E-state index is 11.2. The van der Waals surface area contributed by atoms with E-state index in [9.17, 15) is 4.79 Å². The van der Waals surface area contributed by atoms with Gasteiger partial charge in [-0.05, 0) is 29.7 Å². The summed E-state index contributed by atoms with van der Waals surface area (Å²) in [7, 11) is 1.67. The molecule has 1 aliphatic heterocycles. The Morgan fingerprint density at radius 2 is 2.33 bits per heavy atom. The van der Waals surface area contributed by atoms with E-state index in [1.54, 1.807) is 7.05 Å². The largest absolute Gasteiger partial charge is 0.359 e. The van der Waals surface area contributed by atoms with Crippen molar-refractivity contribution in [2.75, 3.05) is 13.6 Å². The second-order valence-corrected chi connectivity index (χ2v) is 3.88. The van der Waals surface area contributed by atoms with Crippen molar-refractivity contribution in [3.63, 3.8) is 0 Å². The highest BCUT2D eigenvalue weighted by Crippen LogP contribution is 2.16. The number of nitrogens with one attached hydrogen (secondary N) is 2. The summed E-state index contributed by atoms with van der Waals surface area (Å²) in [6.07, 6.45) is 1.57. The van der Waals surface area contributed by atoms with Crippen LogP contribution in [0.15, 0.2) is 18.2 Å². The molecule has 1 heterocycles. The van der Waals surface area contributed by atoms with E-state index < -0.39 is 0 Å². The maximum Gasteiger partial charge on any atom is 0.224 e. The molecule has 0 saturated heterocycles. The van der Waals surface area contributed by atoms with E-state index >= 15 is 0 Å². The lowest BCUT2D eigenvalue weighted by Gasteiger charge is -2.17.